The van der Waals surface area contributed by atoms with Gasteiger partial charge in [-0.05, 0) is 78.3 Å². The van der Waals surface area contributed by atoms with Gasteiger partial charge in [0.1, 0.15) is 42.0 Å². The van der Waals surface area contributed by atoms with Gasteiger partial charge in [-0.25, -0.2) is 32.5 Å². The Balaban J connectivity index is 0.915. The van der Waals surface area contributed by atoms with E-state index in [1.54, 1.807) is 26.6 Å². The van der Waals surface area contributed by atoms with E-state index in [4.69, 9.17) is 9.47 Å². The van der Waals surface area contributed by atoms with Gasteiger partial charge in [-0.2, -0.15) is 10.2 Å². The van der Waals surface area contributed by atoms with Crippen LogP contribution >= 0.6 is 0 Å². The maximum absolute atomic E-state index is 15.0. The normalized spacial score (nSPS) is 19.8. The van der Waals surface area contributed by atoms with E-state index in [2.05, 4.69) is 83.9 Å². The Kier molecular flexibility index (Phi) is 10.6. The molecule has 286 valence electrons. The highest BCUT2D eigenvalue weighted by Gasteiger charge is 2.44. The van der Waals surface area contributed by atoms with Gasteiger partial charge in [-0.15, -0.1) is 0 Å². The van der Waals surface area contributed by atoms with Gasteiger partial charge in [0, 0.05) is 55.1 Å². The molecule has 4 heterocycles. The molecule has 5 aromatic rings. The summed E-state index contributed by atoms with van der Waals surface area (Å²) in [7, 11) is 0. The second kappa shape index (κ2) is 15.4. The minimum Gasteiger partial charge on any atom is -0.493 e. The minimum atomic E-state index is -1.01. The summed E-state index contributed by atoms with van der Waals surface area (Å²) >= 11 is 0. The predicted octanol–water partition coefficient (Wildman–Crippen LogP) is 6.56. The topological polar surface area (TPSA) is 95.5 Å². The summed E-state index contributed by atoms with van der Waals surface area (Å²) in [5.74, 6) is 0.228. The van der Waals surface area contributed by atoms with Crippen molar-refractivity contribution in [3.8, 4) is 11.4 Å². The average Bonchev–Trinajstić information content (AvgIpc) is 3.90. The molecule has 2 aliphatic heterocycles. The van der Waals surface area contributed by atoms with Crippen LogP contribution in [-0.4, -0.2) is 68.5 Å². The average molecular weight is 741 g/mol. The second-order valence-corrected chi connectivity index (χ2v) is 16.1. The molecule has 2 fully saturated rings. The van der Waals surface area contributed by atoms with Gasteiger partial charge in [0.05, 0.1) is 32.0 Å². The molecule has 0 N–H and O–H groups in total. The Hall–Kier alpha value is -5.04. The molecule has 2 unspecified atom stereocenters. The summed E-state index contributed by atoms with van der Waals surface area (Å²) in [6.07, 6.45) is 5.10. The second-order valence-electron chi connectivity index (χ2n) is 16.1. The third kappa shape index (κ3) is 8.06. The van der Waals surface area contributed by atoms with Gasteiger partial charge in [0.15, 0.2) is 0 Å². The van der Waals surface area contributed by atoms with Crippen LogP contribution in [0, 0.1) is 34.8 Å². The largest absolute Gasteiger partial charge is 0.493 e. The lowest BCUT2D eigenvalue weighted by atomic mass is 9.74. The van der Waals surface area contributed by atoms with Crippen LogP contribution in [0.2, 0.25) is 0 Å². The highest BCUT2D eigenvalue weighted by molar-refractivity contribution is 5.54. The molecule has 2 saturated heterocycles. The van der Waals surface area contributed by atoms with Crippen molar-refractivity contribution in [3.05, 3.63) is 113 Å². The number of ether oxygens (including phenoxy) is 2. The van der Waals surface area contributed by atoms with Gasteiger partial charge in [-0.3, -0.25) is 0 Å². The first-order valence-corrected chi connectivity index (χ1v) is 18.8. The minimum absolute atomic E-state index is 0.00522. The van der Waals surface area contributed by atoms with E-state index >= 15 is 0 Å². The van der Waals surface area contributed by atoms with Gasteiger partial charge >= 0.3 is 5.69 Å². The van der Waals surface area contributed by atoms with E-state index in [0.717, 1.165) is 55.1 Å². The van der Waals surface area contributed by atoms with Crippen LogP contribution in [0.3, 0.4) is 0 Å². The van der Waals surface area contributed by atoms with Gasteiger partial charge in [0.2, 0.25) is 0 Å². The highest BCUT2D eigenvalue weighted by atomic mass is 19.1. The molecule has 0 spiro atoms. The van der Waals surface area contributed by atoms with E-state index in [1.165, 1.54) is 18.5 Å². The van der Waals surface area contributed by atoms with Crippen molar-refractivity contribution in [3.63, 3.8) is 0 Å². The number of aromatic nitrogens is 6. The third-order valence-corrected chi connectivity index (χ3v) is 11.0. The van der Waals surface area contributed by atoms with Crippen LogP contribution in [0.4, 0.5) is 20.2 Å². The first kappa shape index (κ1) is 37.3. The number of benzene rings is 3. The number of hydrogen-bond donors (Lipinski definition) is 0. The molecule has 0 radical (unpaired) electrons. The van der Waals surface area contributed by atoms with Gasteiger partial charge < -0.3 is 19.3 Å². The van der Waals surface area contributed by atoms with Crippen molar-refractivity contribution < 1.29 is 18.3 Å². The molecule has 2 aliphatic rings. The molecule has 54 heavy (non-hydrogen) atoms. The molecule has 0 saturated carbocycles. The first-order chi connectivity index (χ1) is 25.9. The van der Waals surface area contributed by atoms with Crippen molar-refractivity contribution >= 4 is 11.4 Å². The summed E-state index contributed by atoms with van der Waals surface area (Å²) in [5, 5.41) is 8.65. The Morgan fingerprint density at radius 1 is 0.889 bits per heavy atom. The maximum Gasteiger partial charge on any atom is 0.350 e. The molecule has 0 bridgehead atoms. The van der Waals surface area contributed by atoms with Gasteiger partial charge in [0.25, 0.3) is 0 Å². The lowest BCUT2D eigenvalue weighted by Crippen LogP contribution is -2.46. The summed E-state index contributed by atoms with van der Waals surface area (Å²) in [4.78, 5) is 22.0. The monoisotopic (exact) mass is 740 g/mol. The van der Waals surface area contributed by atoms with Crippen LogP contribution in [-0.2, 0) is 23.4 Å². The van der Waals surface area contributed by atoms with E-state index in [0.29, 0.717) is 43.6 Å². The number of piperazine rings is 1. The Labute approximate surface area is 315 Å². The molecular weight excluding hydrogens is 690 g/mol. The van der Waals surface area contributed by atoms with E-state index in [-0.39, 0.29) is 23.6 Å². The van der Waals surface area contributed by atoms with Crippen LogP contribution in [0.15, 0.2) is 90.5 Å². The molecule has 0 amide bonds. The number of hydrogen-bond acceptors (Lipinski definition) is 8. The van der Waals surface area contributed by atoms with Crippen LogP contribution < -0.4 is 20.2 Å². The molecule has 3 aromatic carbocycles. The summed E-state index contributed by atoms with van der Waals surface area (Å²) in [6.45, 7) is 16.1. The summed E-state index contributed by atoms with van der Waals surface area (Å²) in [6, 6.07) is 19.9. The smallest absolute Gasteiger partial charge is 0.350 e. The molecule has 7 rings (SSSR count). The van der Waals surface area contributed by atoms with Crippen molar-refractivity contribution in [2.24, 2.45) is 23.2 Å². The fourth-order valence-electron chi connectivity index (χ4n) is 8.11. The summed E-state index contributed by atoms with van der Waals surface area (Å²) in [5.41, 5.74) is 2.30. The van der Waals surface area contributed by atoms with Crippen molar-refractivity contribution in [2.45, 2.75) is 59.7 Å². The molecule has 13 heteroatoms. The lowest BCUT2D eigenvalue weighted by Gasteiger charge is -2.37. The van der Waals surface area contributed by atoms with E-state index in [1.807, 2.05) is 24.3 Å². The quantitative estimate of drug-likeness (QED) is 0.142. The zero-order chi connectivity index (χ0) is 38.0. The van der Waals surface area contributed by atoms with Crippen molar-refractivity contribution in [2.75, 3.05) is 49.2 Å². The predicted molar refractivity (Wildman–Crippen MR) is 204 cm³/mol. The lowest BCUT2D eigenvalue weighted by molar-refractivity contribution is -0.0206. The summed E-state index contributed by atoms with van der Waals surface area (Å²) < 4.78 is 46.0. The Morgan fingerprint density at radius 3 is 2.13 bits per heavy atom. The maximum atomic E-state index is 15.0. The van der Waals surface area contributed by atoms with E-state index in [9.17, 15) is 13.6 Å². The molecule has 0 aliphatic carbocycles. The van der Waals surface area contributed by atoms with Crippen LogP contribution in [0.25, 0.3) is 5.69 Å². The van der Waals surface area contributed by atoms with Crippen molar-refractivity contribution in [1.82, 2.24) is 29.1 Å². The Morgan fingerprint density at radius 2 is 1.54 bits per heavy atom. The zero-order valence-corrected chi connectivity index (χ0v) is 31.7. The van der Waals surface area contributed by atoms with E-state index < -0.39 is 17.2 Å². The fourth-order valence-corrected chi connectivity index (χ4v) is 8.11. The number of rotatable bonds is 12. The fraction of sp³-hybridized carbons (Fsp3) is 0.463. The Bertz CT molecular complexity index is 2050. The standard InChI is InChI=1S/C41H50F2N8O3/c1-29(2)37(40(3,4)5)22-51-39(52)50(28-46-51)34-9-7-32(8-10-34)47-16-18-48(19-17-47)33-11-13-35(14-12-33)53-23-30-21-41(54-24-30,25-49-27-44-26-45-49)36-15-6-31(42)20-38(36)43/h6-15,20,26-30,37H,16-19,21-25H2,1-5H3/t30-,37?,41?/m0/s1. The number of nitrogens with zero attached hydrogens (tertiary/aromatic N) is 8. The molecule has 3 atom stereocenters. The third-order valence-electron chi connectivity index (χ3n) is 11.0. The SMILES string of the molecule is CC(C)C(Cn1ncn(-c2ccc(N3CCN(c4ccc(OC[C@H]5COC(Cn6cncn6)(c6ccc(F)cc6F)C5)cc4)CC3)cc2)c1=O)C(C)(C)C. The van der Waals surface area contributed by atoms with Crippen LogP contribution in [0.1, 0.15) is 46.6 Å². The number of anilines is 2. The first-order valence-electron chi connectivity index (χ1n) is 18.8. The molecule has 11 nitrogen and oxygen atoms in total. The zero-order valence-electron chi connectivity index (χ0n) is 31.7. The van der Waals surface area contributed by atoms with Crippen molar-refractivity contribution in [1.29, 1.82) is 0 Å². The highest BCUT2D eigenvalue weighted by Crippen LogP contribution is 2.42. The number of halogens is 2. The van der Waals surface area contributed by atoms with Gasteiger partial charge in [-0.1, -0.05) is 40.7 Å². The molecular formula is C41H50F2N8O3. The molecule has 2 aromatic heterocycles. The van der Waals surface area contributed by atoms with Crippen LogP contribution in [0.5, 0.6) is 5.75 Å².